The van der Waals surface area contributed by atoms with Gasteiger partial charge in [0, 0.05) is 44.0 Å². The van der Waals surface area contributed by atoms with Crippen LogP contribution in [0.25, 0.3) is 11.3 Å². The van der Waals surface area contributed by atoms with Crippen LogP contribution in [0.2, 0.25) is 0 Å². The van der Waals surface area contributed by atoms with Crippen LogP contribution in [0.5, 0.6) is 0 Å². The molecular weight excluding hydrogens is 426 g/mol. The van der Waals surface area contributed by atoms with Crippen molar-refractivity contribution >= 4 is 17.7 Å². The van der Waals surface area contributed by atoms with Crippen LogP contribution in [0.4, 0.5) is 20.2 Å². The number of hydrogen-bond donors (Lipinski definition) is 3. The summed E-state index contributed by atoms with van der Waals surface area (Å²) in [7, 11) is 1.82. The van der Waals surface area contributed by atoms with Gasteiger partial charge in [-0.05, 0) is 42.2 Å². The lowest BCUT2D eigenvalue weighted by Crippen LogP contribution is -2.60. The largest absolute Gasteiger partial charge is 0.385 e. The fourth-order valence-corrected chi connectivity index (χ4v) is 4.44. The minimum atomic E-state index is -0.700. The highest BCUT2D eigenvalue weighted by Crippen LogP contribution is 2.33. The number of nitrogens with one attached hydrogen (secondary N) is 1. The van der Waals surface area contributed by atoms with E-state index in [0.717, 1.165) is 17.4 Å². The number of nitrogens with zero attached hydrogens (tertiary/aromatic N) is 3. The molecule has 2 aromatic heterocycles. The Morgan fingerprint density at radius 1 is 1.15 bits per heavy atom. The van der Waals surface area contributed by atoms with E-state index in [1.54, 1.807) is 24.5 Å². The zero-order valence-corrected chi connectivity index (χ0v) is 18.2. The van der Waals surface area contributed by atoms with Gasteiger partial charge in [-0.1, -0.05) is 12.1 Å². The summed E-state index contributed by atoms with van der Waals surface area (Å²) in [4.78, 5) is 21.5. The molecule has 3 aromatic rings. The number of benzene rings is 1. The summed E-state index contributed by atoms with van der Waals surface area (Å²) < 4.78 is 29.6. The Labute approximate surface area is 190 Å². The van der Waals surface area contributed by atoms with Crippen molar-refractivity contribution in [3.05, 3.63) is 71.7 Å². The SMILES string of the molecule is CNc1cnccc1N1CC(N)C(N)C(Cc2cccc(F)c2-c2nc(C=O)ccc2F)C1. The number of halogens is 2. The van der Waals surface area contributed by atoms with E-state index in [9.17, 15) is 13.6 Å². The molecule has 0 aliphatic carbocycles. The van der Waals surface area contributed by atoms with E-state index >= 15 is 0 Å². The molecule has 7 nitrogen and oxygen atoms in total. The van der Waals surface area contributed by atoms with Crippen molar-refractivity contribution in [2.75, 3.05) is 30.4 Å². The molecule has 4 rings (SSSR count). The molecule has 0 amide bonds. The first-order chi connectivity index (χ1) is 15.9. The molecule has 3 heterocycles. The first kappa shape index (κ1) is 22.8. The molecule has 1 aromatic carbocycles. The zero-order chi connectivity index (χ0) is 23.5. The maximum Gasteiger partial charge on any atom is 0.168 e. The van der Waals surface area contributed by atoms with Crippen LogP contribution < -0.4 is 21.7 Å². The highest BCUT2D eigenvalue weighted by Gasteiger charge is 2.34. The van der Waals surface area contributed by atoms with Gasteiger partial charge in [-0.2, -0.15) is 0 Å². The Kier molecular flexibility index (Phi) is 6.62. The number of nitrogens with two attached hydrogens (primary N) is 2. The molecule has 33 heavy (non-hydrogen) atoms. The van der Waals surface area contributed by atoms with E-state index in [1.807, 2.05) is 13.1 Å². The van der Waals surface area contributed by atoms with Gasteiger partial charge in [-0.25, -0.2) is 13.8 Å². The van der Waals surface area contributed by atoms with Gasteiger partial charge >= 0.3 is 0 Å². The van der Waals surface area contributed by atoms with Gasteiger partial charge in [-0.15, -0.1) is 0 Å². The Hall–Kier alpha value is -3.43. The first-order valence-electron chi connectivity index (χ1n) is 10.7. The molecule has 3 unspecified atom stereocenters. The molecule has 9 heteroatoms. The Balaban J connectivity index is 1.70. The summed E-state index contributed by atoms with van der Waals surface area (Å²) in [5, 5.41) is 3.13. The van der Waals surface area contributed by atoms with Gasteiger partial charge in [0.2, 0.25) is 0 Å². The Bertz CT molecular complexity index is 1160. The fourth-order valence-electron chi connectivity index (χ4n) is 4.44. The molecule has 1 aliphatic heterocycles. The lowest BCUT2D eigenvalue weighted by Gasteiger charge is -2.42. The van der Waals surface area contributed by atoms with Crippen molar-refractivity contribution in [1.82, 2.24) is 9.97 Å². The van der Waals surface area contributed by atoms with Crippen LogP contribution >= 0.6 is 0 Å². The number of aldehydes is 1. The molecule has 3 atom stereocenters. The number of hydrogen-bond acceptors (Lipinski definition) is 7. The van der Waals surface area contributed by atoms with Crippen LogP contribution in [-0.2, 0) is 6.42 Å². The predicted octanol–water partition coefficient (Wildman–Crippen LogP) is 2.61. The Morgan fingerprint density at radius 2 is 1.97 bits per heavy atom. The highest BCUT2D eigenvalue weighted by atomic mass is 19.1. The summed E-state index contributed by atoms with van der Waals surface area (Å²) in [6, 6.07) is 8.19. The maximum atomic E-state index is 14.9. The quantitative estimate of drug-likeness (QED) is 0.493. The molecule has 0 bridgehead atoms. The van der Waals surface area contributed by atoms with E-state index in [-0.39, 0.29) is 35.0 Å². The summed E-state index contributed by atoms with van der Waals surface area (Å²) in [6.45, 7) is 1.14. The standard InChI is InChI=1S/C24H26F2N6O/c1-29-20-10-30-8-7-21(20)32-11-15(23(28)19(27)12-32)9-14-3-2-4-17(25)22(14)24-18(26)6-5-16(13-33)31-24/h2-8,10,13,15,19,23,29H,9,11-12,27-28H2,1H3. The third-order valence-electron chi connectivity index (χ3n) is 6.14. The topological polar surface area (TPSA) is 110 Å². The minimum absolute atomic E-state index is 0.0282. The second-order valence-corrected chi connectivity index (χ2v) is 8.21. The summed E-state index contributed by atoms with van der Waals surface area (Å²) in [5.74, 6) is -1.45. The average Bonchev–Trinajstić information content (AvgIpc) is 2.82. The number of carbonyl (C=O) groups excluding carboxylic acids is 1. The minimum Gasteiger partial charge on any atom is -0.385 e. The van der Waals surface area contributed by atoms with Crippen molar-refractivity contribution in [3.63, 3.8) is 0 Å². The number of carbonyl (C=O) groups is 1. The highest BCUT2D eigenvalue weighted by molar-refractivity contribution is 5.75. The van der Waals surface area contributed by atoms with Crippen LogP contribution in [-0.4, -0.2) is 48.5 Å². The third kappa shape index (κ3) is 4.55. The molecule has 172 valence electrons. The average molecular weight is 453 g/mol. The first-order valence-corrected chi connectivity index (χ1v) is 10.7. The molecule has 0 spiro atoms. The fraction of sp³-hybridized carbons (Fsp3) is 0.292. The molecule has 1 aliphatic rings. The van der Waals surface area contributed by atoms with Crippen LogP contribution in [0.15, 0.2) is 48.8 Å². The third-order valence-corrected chi connectivity index (χ3v) is 6.14. The molecule has 5 N–H and O–H groups in total. The molecule has 1 fully saturated rings. The van der Waals surface area contributed by atoms with Crippen LogP contribution in [0.1, 0.15) is 16.1 Å². The molecular formula is C24H26F2N6O. The van der Waals surface area contributed by atoms with Gasteiger partial charge < -0.3 is 21.7 Å². The van der Waals surface area contributed by atoms with Gasteiger partial charge in [-0.3, -0.25) is 9.78 Å². The summed E-state index contributed by atoms with van der Waals surface area (Å²) >= 11 is 0. The van der Waals surface area contributed by atoms with Gasteiger partial charge in [0.15, 0.2) is 6.29 Å². The van der Waals surface area contributed by atoms with Gasteiger partial charge in [0.1, 0.15) is 23.0 Å². The van der Waals surface area contributed by atoms with Crippen molar-refractivity contribution in [2.24, 2.45) is 17.4 Å². The van der Waals surface area contributed by atoms with Crippen molar-refractivity contribution in [1.29, 1.82) is 0 Å². The zero-order valence-electron chi connectivity index (χ0n) is 18.2. The number of rotatable bonds is 6. The lowest BCUT2D eigenvalue weighted by atomic mass is 9.83. The molecule has 0 radical (unpaired) electrons. The number of piperidine rings is 1. The summed E-state index contributed by atoms with van der Waals surface area (Å²) in [5.41, 5.74) is 15.1. The Morgan fingerprint density at radius 3 is 2.73 bits per heavy atom. The molecule has 0 saturated carbocycles. The van der Waals surface area contributed by atoms with E-state index in [1.165, 1.54) is 12.1 Å². The van der Waals surface area contributed by atoms with Crippen molar-refractivity contribution in [3.8, 4) is 11.3 Å². The summed E-state index contributed by atoms with van der Waals surface area (Å²) in [6.07, 6.45) is 4.32. The van der Waals surface area contributed by atoms with Gasteiger partial charge in [0.25, 0.3) is 0 Å². The van der Waals surface area contributed by atoms with Gasteiger partial charge in [0.05, 0.1) is 17.6 Å². The lowest BCUT2D eigenvalue weighted by molar-refractivity contribution is 0.111. The van der Waals surface area contributed by atoms with E-state index in [4.69, 9.17) is 11.5 Å². The monoisotopic (exact) mass is 452 g/mol. The van der Waals surface area contributed by atoms with Crippen LogP contribution in [0, 0.1) is 17.6 Å². The van der Waals surface area contributed by atoms with Crippen molar-refractivity contribution < 1.29 is 13.6 Å². The van der Waals surface area contributed by atoms with Crippen LogP contribution in [0.3, 0.4) is 0 Å². The second kappa shape index (κ2) is 9.60. The van der Waals surface area contributed by atoms with E-state index in [2.05, 4.69) is 20.2 Å². The maximum absolute atomic E-state index is 14.9. The van der Waals surface area contributed by atoms with Crippen molar-refractivity contribution in [2.45, 2.75) is 18.5 Å². The van der Waals surface area contributed by atoms with E-state index < -0.39 is 11.6 Å². The second-order valence-electron chi connectivity index (χ2n) is 8.21. The van der Waals surface area contributed by atoms with E-state index in [0.29, 0.717) is 31.4 Å². The molecule has 1 saturated heterocycles. The normalized spacial score (nSPS) is 20.5. The number of anilines is 2. The smallest absolute Gasteiger partial charge is 0.168 e. The number of pyridine rings is 2. The number of aromatic nitrogens is 2. The predicted molar refractivity (Wildman–Crippen MR) is 124 cm³/mol.